The van der Waals surface area contributed by atoms with Gasteiger partial charge in [-0.25, -0.2) is 17.1 Å². The summed E-state index contributed by atoms with van der Waals surface area (Å²) >= 11 is 0. The fraction of sp³-hybridized carbons (Fsp3) is 0.611. The summed E-state index contributed by atoms with van der Waals surface area (Å²) in [5.41, 5.74) is 0.761. The van der Waals surface area contributed by atoms with E-state index in [1.807, 2.05) is 32.7 Å². The van der Waals surface area contributed by atoms with E-state index < -0.39 is 15.8 Å². The second kappa shape index (κ2) is 13.2. The molecule has 1 N–H and O–H groups in total. The van der Waals surface area contributed by atoms with Gasteiger partial charge in [0, 0.05) is 33.2 Å². The van der Waals surface area contributed by atoms with Gasteiger partial charge in [0.15, 0.2) is 17.5 Å². The van der Waals surface area contributed by atoms with Gasteiger partial charge >= 0.3 is 0 Å². The summed E-state index contributed by atoms with van der Waals surface area (Å²) in [4.78, 5) is 6.24. The summed E-state index contributed by atoms with van der Waals surface area (Å²) in [5.74, 6) is 0.303. The molecule has 0 atom stereocenters. The van der Waals surface area contributed by atoms with E-state index in [4.69, 9.17) is 4.74 Å². The number of hydrogen-bond donors (Lipinski definition) is 1. The Morgan fingerprint density at radius 2 is 1.89 bits per heavy atom. The van der Waals surface area contributed by atoms with Crippen molar-refractivity contribution < 1.29 is 17.5 Å². The molecule has 0 aromatic heterocycles. The fourth-order valence-electron chi connectivity index (χ4n) is 2.64. The molecule has 0 heterocycles. The van der Waals surface area contributed by atoms with Gasteiger partial charge in [-0.3, -0.25) is 4.99 Å². The molecule has 0 aliphatic rings. The Balaban J connectivity index is 0.00000729. The van der Waals surface area contributed by atoms with E-state index in [9.17, 15) is 12.8 Å². The first-order chi connectivity index (χ1) is 12.8. The van der Waals surface area contributed by atoms with Crippen LogP contribution in [0.3, 0.4) is 0 Å². The van der Waals surface area contributed by atoms with Crippen LogP contribution in [-0.2, 0) is 16.6 Å². The molecule has 0 spiro atoms. The molecule has 0 amide bonds. The molecule has 28 heavy (non-hydrogen) atoms. The first-order valence-electron chi connectivity index (χ1n) is 9.08. The van der Waals surface area contributed by atoms with Gasteiger partial charge in [0.2, 0.25) is 10.0 Å². The van der Waals surface area contributed by atoms with Crippen LogP contribution in [0, 0.1) is 5.82 Å². The number of halogens is 2. The van der Waals surface area contributed by atoms with Crippen molar-refractivity contribution in [3.05, 3.63) is 29.6 Å². The topological polar surface area (TPSA) is 74.2 Å². The number of methoxy groups -OCH3 is 1. The number of aliphatic imine (C=N–C) groups is 1. The molecule has 1 aromatic rings. The Kier molecular flexibility index (Phi) is 12.6. The van der Waals surface area contributed by atoms with Crippen LogP contribution >= 0.6 is 24.0 Å². The zero-order valence-corrected chi connectivity index (χ0v) is 20.4. The monoisotopic (exact) mass is 530 g/mol. The minimum Gasteiger partial charge on any atom is -0.494 e. The quantitative estimate of drug-likeness (QED) is 0.286. The smallest absolute Gasteiger partial charge is 0.215 e. The Labute approximate surface area is 185 Å². The lowest BCUT2D eigenvalue weighted by Gasteiger charge is -2.23. The Bertz CT molecular complexity index is 728. The van der Waals surface area contributed by atoms with Crippen LogP contribution in [0.15, 0.2) is 23.2 Å². The Morgan fingerprint density at radius 1 is 1.25 bits per heavy atom. The number of ether oxygens (including phenoxy) is 1. The summed E-state index contributed by atoms with van der Waals surface area (Å²) in [5, 5.41) is 3.13. The highest BCUT2D eigenvalue weighted by Gasteiger charge is 2.18. The van der Waals surface area contributed by atoms with Crippen molar-refractivity contribution in [2.24, 2.45) is 4.99 Å². The highest BCUT2D eigenvalue weighted by molar-refractivity contribution is 14.0. The first-order valence-corrected chi connectivity index (χ1v) is 10.7. The molecule has 0 saturated heterocycles. The zero-order chi connectivity index (χ0) is 20.4. The highest BCUT2D eigenvalue weighted by Crippen LogP contribution is 2.18. The van der Waals surface area contributed by atoms with Crippen molar-refractivity contribution in [3.63, 3.8) is 0 Å². The standard InChI is InChI=1S/C18H31FN4O3S.HI/c1-6-20-18(21-11-12-27(24,25)23(7-2)8-3)22(4)14-15-9-10-17(26-5)16(19)13-15;/h9-10,13H,6-8,11-12,14H2,1-5H3,(H,20,21);1H. The molecule has 0 fully saturated rings. The van der Waals surface area contributed by atoms with Gasteiger partial charge < -0.3 is 15.0 Å². The highest BCUT2D eigenvalue weighted by atomic mass is 127. The van der Waals surface area contributed by atoms with Crippen LogP contribution in [0.5, 0.6) is 5.75 Å². The molecular weight excluding hydrogens is 498 g/mol. The van der Waals surface area contributed by atoms with Gasteiger partial charge in [-0.05, 0) is 24.6 Å². The van der Waals surface area contributed by atoms with Crippen molar-refractivity contribution in [2.45, 2.75) is 27.3 Å². The average molecular weight is 530 g/mol. The predicted octanol–water partition coefficient (Wildman–Crippen LogP) is 2.52. The molecule has 1 rings (SSSR count). The van der Waals surface area contributed by atoms with Crippen LogP contribution in [0.2, 0.25) is 0 Å². The largest absolute Gasteiger partial charge is 0.494 e. The minimum absolute atomic E-state index is 0. The molecule has 0 bridgehead atoms. The molecule has 1 aromatic carbocycles. The maximum Gasteiger partial charge on any atom is 0.215 e. The maximum absolute atomic E-state index is 13.9. The number of hydrogen-bond acceptors (Lipinski definition) is 4. The lowest BCUT2D eigenvalue weighted by molar-refractivity contribution is 0.385. The van der Waals surface area contributed by atoms with E-state index in [1.54, 1.807) is 12.1 Å². The van der Waals surface area contributed by atoms with Gasteiger partial charge in [0.25, 0.3) is 0 Å². The third-order valence-corrected chi connectivity index (χ3v) is 6.04. The van der Waals surface area contributed by atoms with Gasteiger partial charge in [0.05, 0.1) is 19.4 Å². The molecule has 0 aliphatic heterocycles. The zero-order valence-electron chi connectivity index (χ0n) is 17.2. The van der Waals surface area contributed by atoms with Crippen molar-refractivity contribution in [1.82, 2.24) is 14.5 Å². The van der Waals surface area contributed by atoms with E-state index in [-0.39, 0.29) is 42.0 Å². The second-order valence-corrected chi connectivity index (χ2v) is 8.05. The molecule has 10 heteroatoms. The SMILES string of the molecule is CCNC(=NCCS(=O)(=O)N(CC)CC)N(C)Cc1ccc(OC)c(F)c1.I. The third kappa shape index (κ3) is 8.08. The Morgan fingerprint density at radius 3 is 2.39 bits per heavy atom. The minimum atomic E-state index is -3.31. The van der Waals surface area contributed by atoms with Crippen LogP contribution in [0.25, 0.3) is 0 Å². The van der Waals surface area contributed by atoms with Gasteiger partial charge in [-0.15, -0.1) is 24.0 Å². The lowest BCUT2D eigenvalue weighted by atomic mass is 10.2. The van der Waals surface area contributed by atoms with E-state index in [0.717, 1.165) is 5.56 Å². The summed E-state index contributed by atoms with van der Waals surface area (Å²) < 4.78 is 44.7. The average Bonchev–Trinajstić information content (AvgIpc) is 2.61. The molecule has 0 unspecified atom stereocenters. The molecule has 7 nitrogen and oxygen atoms in total. The number of sulfonamides is 1. The van der Waals surface area contributed by atoms with Gasteiger partial charge in [-0.2, -0.15) is 0 Å². The van der Waals surface area contributed by atoms with Crippen molar-refractivity contribution >= 4 is 40.0 Å². The maximum atomic E-state index is 13.9. The Hall–Kier alpha value is -1.14. The van der Waals surface area contributed by atoms with Crippen molar-refractivity contribution in [2.75, 3.05) is 46.1 Å². The lowest BCUT2D eigenvalue weighted by Crippen LogP contribution is -2.39. The third-order valence-electron chi connectivity index (χ3n) is 4.04. The van der Waals surface area contributed by atoms with Crippen molar-refractivity contribution in [1.29, 1.82) is 0 Å². The number of rotatable bonds is 10. The predicted molar refractivity (Wildman–Crippen MR) is 123 cm³/mol. The van der Waals surface area contributed by atoms with E-state index in [0.29, 0.717) is 32.1 Å². The normalized spacial score (nSPS) is 11.9. The number of nitrogens with one attached hydrogen (secondary N) is 1. The van der Waals surface area contributed by atoms with E-state index in [2.05, 4.69) is 10.3 Å². The van der Waals surface area contributed by atoms with Crippen LogP contribution in [0.4, 0.5) is 4.39 Å². The molecule has 0 aliphatic carbocycles. The number of nitrogens with zero attached hydrogens (tertiary/aromatic N) is 3. The second-order valence-electron chi connectivity index (χ2n) is 5.96. The summed E-state index contributed by atoms with van der Waals surface area (Å²) in [6.07, 6.45) is 0. The number of guanidine groups is 1. The van der Waals surface area contributed by atoms with Crippen LogP contribution in [0.1, 0.15) is 26.3 Å². The molecular formula is C18H32FIN4O3S. The summed E-state index contributed by atoms with van der Waals surface area (Å²) in [6.45, 7) is 7.69. The van der Waals surface area contributed by atoms with E-state index in [1.165, 1.54) is 17.5 Å². The van der Waals surface area contributed by atoms with E-state index >= 15 is 0 Å². The first kappa shape index (κ1) is 26.9. The fourth-order valence-corrected chi connectivity index (χ4v) is 4.01. The van der Waals surface area contributed by atoms with Crippen molar-refractivity contribution in [3.8, 4) is 5.75 Å². The van der Waals surface area contributed by atoms with Crippen LogP contribution < -0.4 is 10.1 Å². The molecule has 0 radical (unpaired) electrons. The number of benzene rings is 1. The summed E-state index contributed by atoms with van der Waals surface area (Å²) in [6, 6.07) is 4.79. The molecule has 0 saturated carbocycles. The van der Waals surface area contributed by atoms with Gasteiger partial charge in [-0.1, -0.05) is 19.9 Å². The van der Waals surface area contributed by atoms with Crippen LogP contribution in [-0.4, -0.2) is 69.7 Å². The summed E-state index contributed by atoms with van der Waals surface area (Å²) in [7, 11) is -0.0696. The van der Waals surface area contributed by atoms with Gasteiger partial charge in [0.1, 0.15) is 0 Å². The molecule has 162 valence electrons.